The van der Waals surface area contributed by atoms with Crippen molar-refractivity contribution >= 4 is 27.2 Å². The standard InChI is InChI=1S/C26H31N7O2S/c1-26(2,3)32-36(34,35)22-6-4-5-19(15-22)24-12-11-21-16-29-25(31-33(21)24)30-20-9-7-18(8-10-20)23-17-27-13-14-28-23/h4-12,15-16,23,27-28,32H,13-14,17H2,1-3H3,(H,30,31). The van der Waals surface area contributed by atoms with Crippen LogP contribution >= 0.6 is 0 Å². The van der Waals surface area contributed by atoms with Crippen LogP contribution in [0.25, 0.3) is 16.8 Å². The van der Waals surface area contributed by atoms with Crippen molar-refractivity contribution in [2.75, 3.05) is 25.0 Å². The van der Waals surface area contributed by atoms with Crippen molar-refractivity contribution in [1.82, 2.24) is 30.0 Å². The Hall–Kier alpha value is -3.31. The molecule has 0 bridgehead atoms. The second-order valence-corrected chi connectivity index (χ2v) is 11.7. The van der Waals surface area contributed by atoms with Crippen LogP contribution in [0.5, 0.6) is 0 Å². The molecule has 1 aliphatic rings. The molecular weight excluding hydrogens is 474 g/mol. The van der Waals surface area contributed by atoms with Crippen LogP contribution in [-0.2, 0) is 10.0 Å². The molecule has 0 aliphatic carbocycles. The smallest absolute Gasteiger partial charge is 0.245 e. The second-order valence-electron chi connectivity index (χ2n) is 9.98. The van der Waals surface area contributed by atoms with E-state index in [0.29, 0.717) is 12.0 Å². The summed E-state index contributed by atoms with van der Waals surface area (Å²) in [5, 5.41) is 14.9. The quantitative estimate of drug-likeness (QED) is 0.318. The maximum atomic E-state index is 12.9. The Balaban J connectivity index is 1.40. The first-order chi connectivity index (χ1) is 17.2. The molecule has 1 atom stereocenters. The molecule has 3 heterocycles. The molecule has 1 aliphatic heterocycles. The van der Waals surface area contributed by atoms with Crippen LogP contribution in [0, 0.1) is 0 Å². The van der Waals surface area contributed by atoms with Crippen molar-refractivity contribution < 1.29 is 8.42 Å². The van der Waals surface area contributed by atoms with E-state index in [1.165, 1.54) is 5.56 Å². The molecule has 0 spiro atoms. The predicted molar refractivity (Wildman–Crippen MR) is 142 cm³/mol. The molecule has 0 radical (unpaired) electrons. The van der Waals surface area contributed by atoms with Gasteiger partial charge in [-0.05, 0) is 62.7 Å². The lowest BCUT2D eigenvalue weighted by atomic mass is 10.1. The Morgan fingerprint density at radius 1 is 1.03 bits per heavy atom. The Labute approximate surface area is 211 Å². The maximum Gasteiger partial charge on any atom is 0.245 e. The molecule has 2 aromatic carbocycles. The van der Waals surface area contributed by atoms with E-state index in [1.807, 2.05) is 51.1 Å². The molecule has 9 nitrogen and oxygen atoms in total. The summed E-state index contributed by atoms with van der Waals surface area (Å²) < 4.78 is 30.2. The number of nitrogens with zero attached hydrogens (tertiary/aromatic N) is 3. The Morgan fingerprint density at radius 3 is 2.56 bits per heavy atom. The minimum absolute atomic E-state index is 0.208. The Morgan fingerprint density at radius 2 is 1.83 bits per heavy atom. The monoisotopic (exact) mass is 505 g/mol. The first-order valence-corrected chi connectivity index (χ1v) is 13.5. The van der Waals surface area contributed by atoms with Gasteiger partial charge in [-0.3, -0.25) is 0 Å². The normalized spacial score (nSPS) is 16.8. The second kappa shape index (κ2) is 9.62. The van der Waals surface area contributed by atoms with Gasteiger partial charge in [0.25, 0.3) is 0 Å². The van der Waals surface area contributed by atoms with Crippen molar-refractivity contribution in [2.24, 2.45) is 0 Å². The molecular formula is C26H31N7O2S. The Kier molecular flexibility index (Phi) is 6.52. The van der Waals surface area contributed by atoms with Gasteiger partial charge in [-0.25, -0.2) is 22.6 Å². The first kappa shape index (κ1) is 24.4. The molecule has 4 aromatic rings. The summed E-state index contributed by atoms with van der Waals surface area (Å²) >= 11 is 0. The zero-order valence-electron chi connectivity index (χ0n) is 20.6. The van der Waals surface area contributed by atoms with Gasteiger partial charge in [-0.2, -0.15) is 0 Å². The van der Waals surface area contributed by atoms with Crippen LogP contribution in [0.3, 0.4) is 0 Å². The lowest BCUT2D eigenvalue weighted by molar-refractivity contribution is 0.430. The number of hydrogen-bond acceptors (Lipinski definition) is 7. The molecule has 1 fully saturated rings. The highest BCUT2D eigenvalue weighted by atomic mass is 32.2. The number of sulfonamides is 1. The first-order valence-electron chi connectivity index (χ1n) is 12.0. The van der Waals surface area contributed by atoms with E-state index in [1.54, 1.807) is 28.9 Å². The van der Waals surface area contributed by atoms with Gasteiger partial charge < -0.3 is 16.0 Å². The lowest BCUT2D eigenvalue weighted by Gasteiger charge is -2.25. The van der Waals surface area contributed by atoms with Crippen molar-refractivity contribution in [2.45, 2.75) is 37.2 Å². The van der Waals surface area contributed by atoms with Crippen molar-refractivity contribution in [3.63, 3.8) is 0 Å². The number of rotatable bonds is 6. The third-order valence-corrected chi connectivity index (χ3v) is 7.65. The fraction of sp³-hybridized carbons (Fsp3) is 0.308. The van der Waals surface area contributed by atoms with Crippen LogP contribution in [0.4, 0.5) is 11.6 Å². The van der Waals surface area contributed by atoms with E-state index in [2.05, 4.69) is 42.9 Å². The summed E-state index contributed by atoms with van der Waals surface area (Å²) in [6.07, 6.45) is 1.74. The van der Waals surface area contributed by atoms with E-state index in [-0.39, 0.29) is 4.90 Å². The number of piperazine rings is 1. The van der Waals surface area contributed by atoms with E-state index in [0.717, 1.165) is 42.1 Å². The van der Waals surface area contributed by atoms with Gasteiger partial charge in [-0.15, -0.1) is 5.10 Å². The van der Waals surface area contributed by atoms with Crippen LogP contribution < -0.4 is 20.7 Å². The predicted octanol–water partition coefficient (Wildman–Crippen LogP) is 3.45. The fourth-order valence-electron chi connectivity index (χ4n) is 4.28. The van der Waals surface area contributed by atoms with E-state index in [4.69, 9.17) is 0 Å². The van der Waals surface area contributed by atoms with E-state index in [9.17, 15) is 8.42 Å². The molecule has 188 valence electrons. The summed E-state index contributed by atoms with van der Waals surface area (Å²) in [6.45, 7) is 8.32. The van der Waals surface area contributed by atoms with Gasteiger partial charge >= 0.3 is 0 Å². The van der Waals surface area contributed by atoms with Crippen LogP contribution in [0.2, 0.25) is 0 Å². The lowest BCUT2D eigenvalue weighted by Crippen LogP contribution is -2.42. The zero-order chi connectivity index (χ0) is 25.3. The number of nitrogens with one attached hydrogen (secondary N) is 4. The fourth-order valence-corrected chi connectivity index (χ4v) is 5.74. The van der Waals surface area contributed by atoms with Crippen molar-refractivity contribution in [1.29, 1.82) is 0 Å². The summed E-state index contributed by atoms with van der Waals surface area (Å²) in [4.78, 5) is 4.66. The largest absolute Gasteiger partial charge is 0.323 e. The SMILES string of the molecule is CC(C)(C)NS(=O)(=O)c1cccc(-c2ccc3cnc(Nc4ccc(C5CNCCN5)cc4)nn23)c1. The average Bonchev–Trinajstić information content (AvgIpc) is 3.27. The molecule has 1 unspecified atom stereocenters. The zero-order valence-corrected chi connectivity index (χ0v) is 21.4. The molecule has 2 aromatic heterocycles. The van der Waals surface area contributed by atoms with Gasteiger partial charge in [0.05, 0.1) is 22.3 Å². The average molecular weight is 506 g/mol. The highest BCUT2D eigenvalue weighted by Gasteiger charge is 2.22. The van der Waals surface area contributed by atoms with Gasteiger partial charge in [0.1, 0.15) is 0 Å². The molecule has 10 heteroatoms. The van der Waals surface area contributed by atoms with Crippen molar-refractivity contribution in [3.8, 4) is 11.3 Å². The number of aromatic nitrogens is 3. The molecule has 1 saturated heterocycles. The third kappa shape index (κ3) is 5.41. The van der Waals surface area contributed by atoms with Gasteiger partial charge in [0.15, 0.2) is 0 Å². The topological polar surface area (TPSA) is 112 Å². The molecule has 0 saturated carbocycles. The van der Waals surface area contributed by atoms with Crippen LogP contribution in [0.15, 0.2) is 71.8 Å². The summed E-state index contributed by atoms with van der Waals surface area (Å²) in [5.41, 5.74) is 3.86. The highest BCUT2D eigenvalue weighted by molar-refractivity contribution is 7.89. The van der Waals surface area contributed by atoms with Gasteiger partial charge in [0.2, 0.25) is 16.0 Å². The number of benzene rings is 2. The summed E-state index contributed by atoms with van der Waals surface area (Å²) in [5.74, 6) is 0.448. The number of fused-ring (bicyclic) bond motifs is 1. The summed E-state index contributed by atoms with van der Waals surface area (Å²) in [6, 6.07) is 19.2. The highest BCUT2D eigenvalue weighted by Crippen LogP contribution is 2.26. The summed E-state index contributed by atoms with van der Waals surface area (Å²) in [7, 11) is -3.66. The Bertz CT molecular complexity index is 1470. The van der Waals surface area contributed by atoms with E-state index < -0.39 is 15.6 Å². The van der Waals surface area contributed by atoms with Crippen LogP contribution in [-0.4, -0.2) is 48.2 Å². The minimum Gasteiger partial charge on any atom is -0.323 e. The van der Waals surface area contributed by atoms with Crippen LogP contribution in [0.1, 0.15) is 32.4 Å². The van der Waals surface area contributed by atoms with Crippen molar-refractivity contribution in [3.05, 3.63) is 72.4 Å². The molecule has 36 heavy (non-hydrogen) atoms. The minimum atomic E-state index is -3.66. The molecule has 5 rings (SSSR count). The third-order valence-electron chi connectivity index (χ3n) is 5.89. The van der Waals surface area contributed by atoms with Gasteiger partial charge in [-0.1, -0.05) is 24.3 Å². The maximum absolute atomic E-state index is 12.9. The molecule has 4 N–H and O–H groups in total. The number of hydrogen-bond donors (Lipinski definition) is 4. The molecule has 0 amide bonds. The van der Waals surface area contributed by atoms with E-state index >= 15 is 0 Å². The van der Waals surface area contributed by atoms with Gasteiger partial charge in [0, 0.05) is 42.5 Å². The number of anilines is 2.